The Morgan fingerprint density at radius 2 is 1.57 bits per heavy atom. The Balaban J connectivity index is 0.992. The number of ether oxygens (including phenoxy) is 6. The van der Waals surface area contributed by atoms with Gasteiger partial charge in [-0.3, -0.25) is 0 Å². The maximum absolute atomic E-state index is 12.1. The zero-order valence-corrected chi connectivity index (χ0v) is 33.1. The topological polar surface area (TPSA) is 197 Å². The summed E-state index contributed by atoms with van der Waals surface area (Å²) in [5.41, 5.74) is -0.0544. The van der Waals surface area contributed by atoms with Crippen LogP contribution in [-0.2, 0) is 28.4 Å². The predicted octanol–water partition coefficient (Wildman–Crippen LogP) is 2.14. The van der Waals surface area contributed by atoms with E-state index in [1.54, 1.807) is 0 Å². The Kier molecular flexibility index (Phi) is 9.91. The van der Waals surface area contributed by atoms with E-state index in [-0.39, 0.29) is 46.4 Å². The third kappa shape index (κ3) is 5.65. The van der Waals surface area contributed by atoms with E-state index in [2.05, 4.69) is 47.6 Å². The SMILES string of the molecule is CC(C)=C[C@H]1C[C@](C)(O)C2[C@H]3CC[C@@H]4[C@@]5(C)CC[C@@H](O[C@@H]6OC[C@H](O)[C@H](O[C@@H]7O[C@H](CO)[C@@H](O)[C@H](O)[C@H]7O)[C@H]6O)C(C)(C)C5CC[C@@]4(C)[C@@]34CO[C@]2(C4)O1. The van der Waals surface area contributed by atoms with Crippen LogP contribution in [0.25, 0.3) is 0 Å². The average molecular weight is 767 g/mol. The van der Waals surface area contributed by atoms with Crippen molar-refractivity contribution in [3.05, 3.63) is 11.6 Å². The van der Waals surface area contributed by atoms with Crippen molar-refractivity contribution < 1.29 is 64.2 Å². The molecule has 0 aromatic heterocycles. The Morgan fingerprint density at radius 3 is 2.28 bits per heavy atom. The molecule has 0 amide bonds. The van der Waals surface area contributed by atoms with Crippen molar-refractivity contribution in [2.45, 2.75) is 179 Å². The van der Waals surface area contributed by atoms with Crippen LogP contribution in [0.4, 0.5) is 0 Å². The minimum atomic E-state index is -1.68. The average Bonchev–Trinajstić information content (AvgIpc) is 3.61. The van der Waals surface area contributed by atoms with Crippen molar-refractivity contribution in [2.75, 3.05) is 19.8 Å². The molecular formula is C41H66O13. The standard InChI is InChI=1S/C41H66O13/c1-20(2)14-21-15-39(7,48)33-22-8-9-26-37(5)12-11-27(36(3,4)25(37)10-13-38(26,6)40(22)18-41(33,54-21)50-19-40)52-34-31(47)32(23(43)17-49-34)53-35-30(46)29(45)28(44)24(16-42)51-35/h14,21-35,42-48H,8-13,15-19H2,1-7H3/t21-,22+,23-,24+,25?,26+,27+,28+,29-,30+,31+,32-,33?,34-,35-,37-,38+,39-,40-,41+/m0/s1. The van der Waals surface area contributed by atoms with Gasteiger partial charge in [0, 0.05) is 24.2 Å². The van der Waals surface area contributed by atoms with Crippen molar-refractivity contribution in [1.82, 2.24) is 0 Å². The number of aliphatic hydroxyl groups is 7. The maximum Gasteiger partial charge on any atom is 0.187 e. The summed E-state index contributed by atoms with van der Waals surface area (Å²) in [7, 11) is 0. The minimum absolute atomic E-state index is 0.00497. The van der Waals surface area contributed by atoms with Crippen LogP contribution in [0.1, 0.15) is 99.8 Å². The molecule has 54 heavy (non-hydrogen) atoms. The molecule has 4 aliphatic heterocycles. The van der Waals surface area contributed by atoms with Gasteiger partial charge in [0.15, 0.2) is 18.4 Å². The lowest BCUT2D eigenvalue weighted by Crippen LogP contribution is -2.67. The van der Waals surface area contributed by atoms with E-state index >= 15 is 0 Å². The molecule has 4 aliphatic carbocycles. The number of rotatable bonds is 6. The van der Waals surface area contributed by atoms with Gasteiger partial charge in [-0.1, -0.05) is 39.3 Å². The highest BCUT2D eigenvalue weighted by Gasteiger charge is 2.80. The van der Waals surface area contributed by atoms with Gasteiger partial charge < -0.3 is 64.2 Å². The summed E-state index contributed by atoms with van der Waals surface area (Å²) >= 11 is 0. The monoisotopic (exact) mass is 766 g/mol. The Hall–Kier alpha value is -0.780. The van der Waals surface area contributed by atoms with E-state index in [4.69, 9.17) is 28.4 Å². The van der Waals surface area contributed by atoms with Crippen LogP contribution >= 0.6 is 0 Å². The first kappa shape index (κ1) is 40.0. The predicted molar refractivity (Wildman–Crippen MR) is 192 cm³/mol. The van der Waals surface area contributed by atoms with Crippen molar-refractivity contribution in [3.63, 3.8) is 0 Å². The highest BCUT2D eigenvalue weighted by atomic mass is 16.7. The van der Waals surface area contributed by atoms with Gasteiger partial charge in [-0.25, -0.2) is 0 Å². The van der Waals surface area contributed by atoms with Crippen LogP contribution in [0.15, 0.2) is 11.6 Å². The molecule has 4 saturated heterocycles. The highest BCUT2D eigenvalue weighted by molar-refractivity contribution is 5.26. The van der Waals surface area contributed by atoms with Gasteiger partial charge >= 0.3 is 0 Å². The first-order chi connectivity index (χ1) is 25.2. The normalized spacial score (nSPS) is 57.7. The summed E-state index contributed by atoms with van der Waals surface area (Å²) in [6.45, 7) is 15.6. The molecule has 0 aromatic carbocycles. The third-order valence-corrected chi connectivity index (χ3v) is 16.6. The molecule has 8 fully saturated rings. The Labute approximate surface area is 319 Å². The number of allylic oxidation sites excluding steroid dienone is 1. The second-order valence-corrected chi connectivity index (χ2v) is 20.2. The molecule has 13 heteroatoms. The van der Waals surface area contributed by atoms with E-state index in [1.807, 2.05) is 6.92 Å². The van der Waals surface area contributed by atoms with E-state index in [1.165, 1.54) is 5.57 Å². The summed E-state index contributed by atoms with van der Waals surface area (Å²) in [5, 5.41) is 75.0. The van der Waals surface area contributed by atoms with E-state index in [0.29, 0.717) is 30.8 Å². The lowest BCUT2D eigenvalue weighted by Gasteiger charge is -2.70. The summed E-state index contributed by atoms with van der Waals surface area (Å²) in [6.07, 6.45) is -3.77. The molecule has 4 saturated carbocycles. The van der Waals surface area contributed by atoms with Gasteiger partial charge in [0.1, 0.15) is 42.7 Å². The van der Waals surface area contributed by atoms with Gasteiger partial charge in [-0.15, -0.1) is 0 Å². The van der Waals surface area contributed by atoms with Gasteiger partial charge in [-0.2, -0.15) is 0 Å². The number of hydrogen-bond acceptors (Lipinski definition) is 13. The zero-order chi connectivity index (χ0) is 39.0. The number of fused-ring (bicyclic) bond motifs is 4. The van der Waals surface area contributed by atoms with Crippen molar-refractivity contribution >= 4 is 0 Å². The molecular weight excluding hydrogens is 700 g/mol. The second kappa shape index (κ2) is 13.4. The fraction of sp³-hybridized carbons (Fsp3) is 0.951. The molecule has 4 heterocycles. The molecule has 2 spiro atoms. The molecule has 308 valence electrons. The smallest absolute Gasteiger partial charge is 0.187 e. The van der Waals surface area contributed by atoms with Crippen molar-refractivity contribution in [2.24, 2.45) is 45.3 Å². The molecule has 8 rings (SSSR count). The largest absolute Gasteiger partial charge is 0.394 e. The van der Waals surface area contributed by atoms with E-state index in [0.717, 1.165) is 44.9 Å². The summed E-state index contributed by atoms with van der Waals surface area (Å²) < 4.78 is 37.6. The van der Waals surface area contributed by atoms with Crippen LogP contribution in [-0.4, -0.2) is 134 Å². The molecule has 2 bridgehead atoms. The zero-order valence-electron chi connectivity index (χ0n) is 33.1. The fourth-order valence-electron chi connectivity index (χ4n) is 14.4. The van der Waals surface area contributed by atoms with Gasteiger partial charge in [0.05, 0.1) is 37.6 Å². The van der Waals surface area contributed by atoms with Crippen molar-refractivity contribution in [1.29, 1.82) is 0 Å². The number of hydrogen-bond donors (Lipinski definition) is 7. The number of aliphatic hydroxyl groups excluding tert-OH is 6. The van der Waals surface area contributed by atoms with Crippen molar-refractivity contribution in [3.8, 4) is 0 Å². The van der Waals surface area contributed by atoms with Gasteiger partial charge in [0.25, 0.3) is 0 Å². The molecule has 7 N–H and O–H groups in total. The first-order valence-electron chi connectivity index (χ1n) is 20.5. The maximum atomic E-state index is 12.1. The first-order valence-corrected chi connectivity index (χ1v) is 20.5. The molecule has 13 nitrogen and oxygen atoms in total. The van der Waals surface area contributed by atoms with Gasteiger partial charge in [0.2, 0.25) is 0 Å². The van der Waals surface area contributed by atoms with Gasteiger partial charge in [-0.05, 0) is 93.3 Å². The lowest BCUT2D eigenvalue weighted by atomic mass is 9.35. The van der Waals surface area contributed by atoms with Crippen LogP contribution in [0.5, 0.6) is 0 Å². The Morgan fingerprint density at radius 1 is 0.833 bits per heavy atom. The summed E-state index contributed by atoms with van der Waals surface area (Å²) in [5.74, 6) is 0.284. The summed E-state index contributed by atoms with van der Waals surface area (Å²) in [6, 6.07) is 0. The summed E-state index contributed by atoms with van der Waals surface area (Å²) in [4.78, 5) is 0. The molecule has 0 aromatic rings. The quantitative estimate of drug-likeness (QED) is 0.154. The van der Waals surface area contributed by atoms with Crippen LogP contribution in [0.3, 0.4) is 0 Å². The lowest BCUT2D eigenvalue weighted by molar-refractivity contribution is -0.358. The highest BCUT2D eigenvalue weighted by Crippen LogP contribution is 2.80. The second-order valence-electron chi connectivity index (χ2n) is 20.2. The Bertz CT molecular complexity index is 1450. The third-order valence-electron chi connectivity index (χ3n) is 16.6. The molecule has 8 aliphatic rings. The molecule has 20 atom stereocenters. The van der Waals surface area contributed by atoms with Crippen LogP contribution in [0.2, 0.25) is 0 Å². The molecule has 2 unspecified atom stereocenters. The minimum Gasteiger partial charge on any atom is -0.394 e. The van der Waals surface area contributed by atoms with Crippen LogP contribution in [0, 0.1) is 45.3 Å². The fourth-order valence-corrected chi connectivity index (χ4v) is 14.4. The van der Waals surface area contributed by atoms with E-state index < -0.39 is 73.3 Å². The van der Waals surface area contributed by atoms with Crippen LogP contribution < -0.4 is 0 Å². The van der Waals surface area contributed by atoms with E-state index in [9.17, 15) is 35.7 Å². The molecule has 0 radical (unpaired) electrons.